The molecule has 0 bridgehead atoms. The van der Waals surface area contributed by atoms with E-state index in [9.17, 15) is 0 Å². The Morgan fingerprint density at radius 3 is 2.18 bits per heavy atom. The van der Waals surface area contributed by atoms with Gasteiger partial charge in [-0.25, -0.2) is 0 Å². The Morgan fingerprint density at radius 1 is 0.864 bits per heavy atom. The molecule has 1 atom stereocenters. The fourth-order valence-electron chi connectivity index (χ4n) is 3.11. The van der Waals surface area contributed by atoms with Gasteiger partial charge >= 0.3 is 0 Å². The molecule has 0 fully saturated rings. The smallest absolute Gasteiger partial charge is 0.0149 e. The maximum absolute atomic E-state index is 3.44. The first-order chi connectivity index (χ1) is 10.8. The van der Waals surface area contributed by atoms with Crippen molar-refractivity contribution in [2.75, 3.05) is 0 Å². The average Bonchev–Trinajstić information content (AvgIpc) is 2.55. The second kappa shape index (κ2) is 12.7. The molecule has 0 nitrogen and oxygen atoms in total. The normalized spacial score (nSPS) is 12.5. The highest BCUT2D eigenvalue weighted by Crippen LogP contribution is 2.22. The Hall–Kier alpha value is -0.780. The zero-order valence-corrected chi connectivity index (χ0v) is 15.3. The third-order valence-electron chi connectivity index (χ3n) is 4.74. The molecule has 0 aliphatic carbocycles. The Bertz CT molecular complexity index is 366. The minimum Gasteiger partial charge on any atom is -0.0654 e. The van der Waals surface area contributed by atoms with E-state index in [0.29, 0.717) is 5.92 Å². The van der Waals surface area contributed by atoms with Crippen LogP contribution in [0.5, 0.6) is 0 Å². The van der Waals surface area contributed by atoms with E-state index in [-0.39, 0.29) is 0 Å². The van der Waals surface area contributed by atoms with Crippen molar-refractivity contribution in [3.63, 3.8) is 0 Å². The molecule has 0 spiro atoms. The van der Waals surface area contributed by atoms with Crippen LogP contribution >= 0.6 is 0 Å². The summed E-state index contributed by atoms with van der Waals surface area (Å²) in [6.07, 6.45) is 16.4. The van der Waals surface area contributed by atoms with Gasteiger partial charge in [-0.3, -0.25) is 0 Å². The summed E-state index contributed by atoms with van der Waals surface area (Å²) in [5, 5.41) is 0. The lowest BCUT2D eigenvalue weighted by Gasteiger charge is -2.12. The van der Waals surface area contributed by atoms with E-state index in [0.717, 1.165) is 0 Å². The summed E-state index contributed by atoms with van der Waals surface area (Å²) < 4.78 is 0. The van der Waals surface area contributed by atoms with Crippen molar-refractivity contribution in [3.8, 4) is 0 Å². The van der Waals surface area contributed by atoms with Gasteiger partial charge in [0.25, 0.3) is 0 Å². The summed E-state index contributed by atoms with van der Waals surface area (Å²) in [5.74, 6) is 0.701. The summed E-state index contributed by atoms with van der Waals surface area (Å²) in [5.41, 5.74) is 2.94. The summed E-state index contributed by atoms with van der Waals surface area (Å²) in [6.45, 7) is 6.93. The van der Waals surface area contributed by atoms with Crippen LogP contribution in [-0.2, 0) is 6.42 Å². The predicted octanol–water partition coefficient (Wildman–Crippen LogP) is 7.46. The van der Waals surface area contributed by atoms with Crippen molar-refractivity contribution in [1.29, 1.82) is 0 Å². The van der Waals surface area contributed by atoms with Crippen LogP contribution in [0.1, 0.15) is 108 Å². The number of hydrogen-bond acceptors (Lipinski definition) is 0. The van der Waals surface area contributed by atoms with Crippen LogP contribution in [0, 0.1) is 6.07 Å². The maximum Gasteiger partial charge on any atom is -0.0149 e. The quantitative estimate of drug-likeness (QED) is 0.332. The number of unbranched alkanes of at least 4 members (excludes halogenated alkanes) is 8. The first-order valence-corrected chi connectivity index (χ1v) is 9.78. The fraction of sp³-hybridized carbons (Fsp3) is 0.727. The van der Waals surface area contributed by atoms with Crippen molar-refractivity contribution in [3.05, 3.63) is 35.4 Å². The molecule has 1 unspecified atom stereocenters. The molecule has 0 aliphatic rings. The summed E-state index contributed by atoms with van der Waals surface area (Å²) in [7, 11) is 0. The van der Waals surface area contributed by atoms with Crippen LogP contribution in [0.4, 0.5) is 0 Å². The van der Waals surface area contributed by atoms with Gasteiger partial charge in [0.15, 0.2) is 0 Å². The van der Waals surface area contributed by atoms with Gasteiger partial charge in [0.2, 0.25) is 0 Å². The van der Waals surface area contributed by atoms with Gasteiger partial charge in [-0.2, -0.15) is 0 Å². The highest BCUT2D eigenvalue weighted by Gasteiger charge is 2.05. The second-order valence-corrected chi connectivity index (χ2v) is 6.92. The minimum absolute atomic E-state index is 0.701. The minimum atomic E-state index is 0.701. The largest absolute Gasteiger partial charge is 0.0654 e. The SMILES string of the molecule is CCCCCCCCCCc1[c]ccc(C(C)CCCC)c1. The molecular formula is C22H37. The molecule has 1 aromatic rings. The molecule has 0 aromatic heterocycles. The van der Waals surface area contributed by atoms with Crippen LogP contribution in [-0.4, -0.2) is 0 Å². The second-order valence-electron chi connectivity index (χ2n) is 6.92. The molecule has 1 aromatic carbocycles. The van der Waals surface area contributed by atoms with E-state index >= 15 is 0 Å². The Labute approximate surface area is 139 Å². The lowest BCUT2D eigenvalue weighted by Crippen LogP contribution is -1.96. The summed E-state index contributed by atoms with van der Waals surface area (Å²) >= 11 is 0. The van der Waals surface area contributed by atoms with E-state index in [1.807, 2.05) is 0 Å². The van der Waals surface area contributed by atoms with Crippen molar-refractivity contribution >= 4 is 0 Å². The fourth-order valence-corrected chi connectivity index (χ4v) is 3.11. The van der Waals surface area contributed by atoms with Gasteiger partial charge in [-0.15, -0.1) is 0 Å². The Morgan fingerprint density at radius 2 is 1.50 bits per heavy atom. The summed E-state index contributed by atoms with van der Waals surface area (Å²) in [6, 6.07) is 10.2. The molecular weight excluding hydrogens is 264 g/mol. The molecule has 22 heavy (non-hydrogen) atoms. The van der Waals surface area contributed by atoms with Crippen LogP contribution in [0.2, 0.25) is 0 Å². The molecule has 0 heterocycles. The maximum atomic E-state index is 3.44. The van der Waals surface area contributed by atoms with Crippen LogP contribution in [0.15, 0.2) is 18.2 Å². The van der Waals surface area contributed by atoms with Crippen molar-refractivity contribution in [1.82, 2.24) is 0 Å². The average molecular weight is 302 g/mol. The molecule has 0 saturated carbocycles. The van der Waals surface area contributed by atoms with E-state index in [1.165, 1.54) is 88.2 Å². The zero-order valence-electron chi connectivity index (χ0n) is 15.3. The van der Waals surface area contributed by atoms with E-state index < -0.39 is 0 Å². The number of rotatable bonds is 13. The van der Waals surface area contributed by atoms with Gasteiger partial charge < -0.3 is 0 Å². The zero-order chi connectivity index (χ0) is 16.0. The highest BCUT2D eigenvalue weighted by atomic mass is 14.1. The molecule has 1 rings (SSSR count). The van der Waals surface area contributed by atoms with Crippen molar-refractivity contribution in [2.45, 2.75) is 104 Å². The van der Waals surface area contributed by atoms with Crippen LogP contribution < -0.4 is 0 Å². The number of benzene rings is 1. The standard InChI is InChI=1S/C22H37/c1-4-6-8-9-10-11-12-13-16-21-17-14-18-22(19-21)20(3)15-7-5-2/h14,18-20H,4-13,15-16H2,1-3H3. The van der Waals surface area contributed by atoms with Gasteiger partial charge in [0.1, 0.15) is 0 Å². The molecule has 0 N–H and O–H groups in total. The summed E-state index contributed by atoms with van der Waals surface area (Å²) in [4.78, 5) is 0. The highest BCUT2D eigenvalue weighted by molar-refractivity contribution is 5.25. The monoisotopic (exact) mass is 301 g/mol. The van der Waals surface area contributed by atoms with Gasteiger partial charge in [-0.1, -0.05) is 96.8 Å². The Balaban J connectivity index is 2.20. The molecule has 0 heteroatoms. The first-order valence-electron chi connectivity index (χ1n) is 9.78. The van der Waals surface area contributed by atoms with Crippen molar-refractivity contribution < 1.29 is 0 Å². The lowest BCUT2D eigenvalue weighted by molar-refractivity contribution is 0.575. The third kappa shape index (κ3) is 8.61. The number of hydrogen-bond donors (Lipinski definition) is 0. The lowest BCUT2D eigenvalue weighted by atomic mass is 9.93. The molecule has 1 radical (unpaired) electrons. The topological polar surface area (TPSA) is 0 Å². The van der Waals surface area contributed by atoms with Crippen LogP contribution in [0.25, 0.3) is 0 Å². The van der Waals surface area contributed by atoms with Crippen LogP contribution in [0.3, 0.4) is 0 Å². The van der Waals surface area contributed by atoms with Gasteiger partial charge in [0, 0.05) is 0 Å². The first kappa shape index (κ1) is 19.3. The molecule has 125 valence electrons. The van der Waals surface area contributed by atoms with Gasteiger partial charge in [0.05, 0.1) is 0 Å². The molecule has 0 saturated heterocycles. The molecule has 0 amide bonds. The van der Waals surface area contributed by atoms with Crippen molar-refractivity contribution in [2.24, 2.45) is 0 Å². The van der Waals surface area contributed by atoms with E-state index in [4.69, 9.17) is 0 Å². The third-order valence-corrected chi connectivity index (χ3v) is 4.74. The van der Waals surface area contributed by atoms with Gasteiger partial charge in [-0.05, 0) is 42.4 Å². The molecule has 0 aliphatic heterocycles. The van der Waals surface area contributed by atoms with E-state index in [2.05, 4.69) is 45.0 Å². The Kier molecular flexibility index (Phi) is 11.2. The van der Waals surface area contributed by atoms with E-state index in [1.54, 1.807) is 0 Å². The predicted molar refractivity (Wildman–Crippen MR) is 99.5 cm³/mol. The number of aryl methyl sites for hydroxylation is 1.